The molecule has 3 heterocycles. The predicted molar refractivity (Wildman–Crippen MR) is 107 cm³/mol. The molecule has 1 N–H and O–H groups in total. The number of rotatable bonds is 4. The largest absolute Gasteiger partial charge is 0.342 e. The fourth-order valence-electron chi connectivity index (χ4n) is 3.80. The van der Waals surface area contributed by atoms with Gasteiger partial charge in [-0.1, -0.05) is 18.2 Å². The topological polar surface area (TPSA) is 82.6 Å². The minimum Gasteiger partial charge on any atom is -0.342 e. The third kappa shape index (κ3) is 4.90. The number of hydrogen-bond donors (Lipinski definition) is 1. The molecule has 1 atom stereocenters. The summed E-state index contributed by atoms with van der Waals surface area (Å²) >= 11 is 5.81. The van der Waals surface area contributed by atoms with Gasteiger partial charge in [0.05, 0.1) is 10.9 Å². The Morgan fingerprint density at radius 3 is 2.50 bits per heavy atom. The monoisotopic (exact) mass is 404 g/mol. The number of piperidine rings is 2. The lowest BCUT2D eigenvalue weighted by atomic mass is 9.92. The summed E-state index contributed by atoms with van der Waals surface area (Å²) in [6.07, 6.45) is 5.64. The quantitative estimate of drug-likeness (QED) is 0.781. The average molecular weight is 405 g/mol. The molecule has 0 bridgehead atoms. The van der Waals surface area contributed by atoms with Gasteiger partial charge in [-0.2, -0.15) is 0 Å². The van der Waals surface area contributed by atoms with Gasteiger partial charge in [-0.15, -0.1) is 0 Å². The van der Waals surface area contributed by atoms with Crippen LogP contribution in [-0.2, 0) is 14.4 Å². The minimum absolute atomic E-state index is 0.0867. The Bertz CT molecular complexity index is 744. The number of nitrogens with zero attached hydrogens (tertiary/aromatic N) is 3. The highest BCUT2D eigenvalue weighted by atomic mass is 35.5. The lowest BCUT2D eigenvalue weighted by Gasteiger charge is -2.37. The highest BCUT2D eigenvalue weighted by molar-refractivity contribution is 6.30. The third-order valence-electron chi connectivity index (χ3n) is 5.41. The van der Waals surface area contributed by atoms with E-state index in [1.54, 1.807) is 21.9 Å². The van der Waals surface area contributed by atoms with Gasteiger partial charge < -0.3 is 15.1 Å². The van der Waals surface area contributed by atoms with Gasteiger partial charge in [-0.3, -0.25) is 14.4 Å². The van der Waals surface area contributed by atoms with Crippen LogP contribution in [0.2, 0.25) is 5.02 Å². The van der Waals surface area contributed by atoms with Crippen LogP contribution in [0.3, 0.4) is 0 Å². The van der Waals surface area contributed by atoms with Crippen LogP contribution in [0.25, 0.3) is 0 Å². The second kappa shape index (κ2) is 9.19. The van der Waals surface area contributed by atoms with Crippen LogP contribution in [-0.4, -0.2) is 58.7 Å². The first kappa shape index (κ1) is 20.3. The molecule has 2 aliphatic heterocycles. The van der Waals surface area contributed by atoms with E-state index in [0.29, 0.717) is 49.9 Å². The maximum absolute atomic E-state index is 12.9. The smallest absolute Gasteiger partial charge is 0.245 e. The number of halogens is 1. The van der Waals surface area contributed by atoms with Crippen molar-refractivity contribution in [2.75, 3.05) is 31.5 Å². The van der Waals surface area contributed by atoms with Crippen LogP contribution >= 0.6 is 11.6 Å². The van der Waals surface area contributed by atoms with Crippen molar-refractivity contribution >= 4 is 35.1 Å². The van der Waals surface area contributed by atoms with Crippen molar-refractivity contribution in [2.24, 2.45) is 11.8 Å². The fourth-order valence-corrected chi connectivity index (χ4v) is 3.92. The van der Waals surface area contributed by atoms with Crippen molar-refractivity contribution in [1.29, 1.82) is 0 Å². The number of anilines is 1. The third-order valence-corrected chi connectivity index (χ3v) is 5.64. The van der Waals surface area contributed by atoms with Gasteiger partial charge in [-0.05, 0) is 43.9 Å². The number of carbonyl (C=O) groups excluding carboxylic acids is 3. The van der Waals surface area contributed by atoms with Crippen LogP contribution in [0, 0.1) is 11.8 Å². The number of aromatic nitrogens is 1. The zero-order chi connectivity index (χ0) is 20.1. The SMILES string of the molecule is C=CC(=O)N1CCC(C(=O)N2CCCC(C(=O)Nc3ccc(Cl)cn3)C2)CC1. The minimum atomic E-state index is -0.252. The van der Waals surface area contributed by atoms with E-state index in [-0.39, 0.29) is 29.6 Å². The maximum Gasteiger partial charge on any atom is 0.245 e. The van der Waals surface area contributed by atoms with E-state index < -0.39 is 0 Å². The molecule has 28 heavy (non-hydrogen) atoms. The molecule has 0 radical (unpaired) electrons. The van der Waals surface area contributed by atoms with Gasteiger partial charge in [0.15, 0.2) is 0 Å². The van der Waals surface area contributed by atoms with E-state index in [1.807, 2.05) is 0 Å². The Morgan fingerprint density at radius 2 is 1.86 bits per heavy atom. The Kier molecular flexibility index (Phi) is 6.67. The first-order chi connectivity index (χ1) is 13.5. The van der Waals surface area contributed by atoms with E-state index in [4.69, 9.17) is 11.6 Å². The summed E-state index contributed by atoms with van der Waals surface area (Å²) in [6.45, 7) is 5.74. The van der Waals surface area contributed by atoms with Gasteiger partial charge in [0.25, 0.3) is 0 Å². The van der Waals surface area contributed by atoms with Crippen LogP contribution < -0.4 is 5.32 Å². The molecule has 1 aromatic heterocycles. The van der Waals surface area contributed by atoms with Crippen LogP contribution in [0.4, 0.5) is 5.82 Å². The molecule has 0 spiro atoms. The molecule has 0 aliphatic carbocycles. The molecule has 8 heteroatoms. The fraction of sp³-hybridized carbons (Fsp3) is 0.500. The van der Waals surface area contributed by atoms with Crippen molar-refractivity contribution in [2.45, 2.75) is 25.7 Å². The average Bonchev–Trinajstić information content (AvgIpc) is 2.74. The van der Waals surface area contributed by atoms with Gasteiger partial charge in [0.1, 0.15) is 5.82 Å². The van der Waals surface area contributed by atoms with Crippen molar-refractivity contribution in [1.82, 2.24) is 14.8 Å². The summed E-state index contributed by atoms with van der Waals surface area (Å²) in [6, 6.07) is 3.33. The first-order valence-electron chi connectivity index (χ1n) is 9.60. The summed E-state index contributed by atoms with van der Waals surface area (Å²) < 4.78 is 0. The summed E-state index contributed by atoms with van der Waals surface area (Å²) in [4.78, 5) is 44.8. The predicted octanol–water partition coefficient (Wildman–Crippen LogP) is 2.34. The van der Waals surface area contributed by atoms with Crippen molar-refractivity contribution < 1.29 is 14.4 Å². The highest BCUT2D eigenvalue weighted by Gasteiger charge is 2.34. The summed E-state index contributed by atoms with van der Waals surface area (Å²) in [5.41, 5.74) is 0. The first-order valence-corrected chi connectivity index (χ1v) is 9.98. The molecule has 2 fully saturated rings. The molecular formula is C20H25ClN4O3. The van der Waals surface area contributed by atoms with E-state index in [9.17, 15) is 14.4 Å². The Morgan fingerprint density at radius 1 is 1.11 bits per heavy atom. The normalized spacial score (nSPS) is 20.5. The van der Waals surface area contributed by atoms with Gasteiger partial charge in [0, 0.05) is 38.3 Å². The lowest BCUT2D eigenvalue weighted by Crippen LogP contribution is -2.48. The molecule has 2 saturated heterocycles. The van der Waals surface area contributed by atoms with E-state index in [0.717, 1.165) is 12.8 Å². The van der Waals surface area contributed by atoms with Crippen LogP contribution in [0.1, 0.15) is 25.7 Å². The molecule has 3 amide bonds. The number of hydrogen-bond acceptors (Lipinski definition) is 4. The Labute approximate surface area is 169 Å². The molecule has 0 aromatic carbocycles. The van der Waals surface area contributed by atoms with Crippen molar-refractivity contribution in [3.8, 4) is 0 Å². The van der Waals surface area contributed by atoms with Gasteiger partial charge in [0.2, 0.25) is 17.7 Å². The zero-order valence-electron chi connectivity index (χ0n) is 15.8. The zero-order valence-corrected chi connectivity index (χ0v) is 16.5. The summed E-state index contributed by atoms with van der Waals surface area (Å²) in [5.74, 6) is -0.00807. The molecule has 0 saturated carbocycles. The Hall–Kier alpha value is -2.41. The molecule has 1 aromatic rings. The van der Waals surface area contributed by atoms with E-state index in [1.165, 1.54) is 12.3 Å². The summed E-state index contributed by atoms with van der Waals surface area (Å²) in [7, 11) is 0. The van der Waals surface area contributed by atoms with Gasteiger partial charge >= 0.3 is 0 Å². The standard InChI is InChI=1S/C20H25ClN4O3/c1-2-18(26)24-10-7-14(8-11-24)20(28)25-9-3-4-15(13-25)19(27)23-17-6-5-16(21)12-22-17/h2,5-6,12,14-15H,1,3-4,7-11,13H2,(H,22,23,27). The van der Waals surface area contributed by atoms with Crippen LogP contribution in [0.5, 0.6) is 0 Å². The molecular weight excluding hydrogens is 380 g/mol. The number of nitrogens with one attached hydrogen (secondary N) is 1. The number of carbonyl (C=O) groups is 3. The number of likely N-dealkylation sites (tertiary alicyclic amines) is 2. The number of pyridine rings is 1. The second-order valence-electron chi connectivity index (χ2n) is 7.28. The molecule has 3 rings (SSSR count). The van der Waals surface area contributed by atoms with E-state index >= 15 is 0 Å². The molecule has 7 nitrogen and oxygen atoms in total. The van der Waals surface area contributed by atoms with Gasteiger partial charge in [-0.25, -0.2) is 4.98 Å². The molecule has 2 aliphatic rings. The van der Waals surface area contributed by atoms with Crippen LogP contribution in [0.15, 0.2) is 31.0 Å². The molecule has 150 valence electrons. The van der Waals surface area contributed by atoms with E-state index in [2.05, 4.69) is 16.9 Å². The van der Waals surface area contributed by atoms with Crippen molar-refractivity contribution in [3.05, 3.63) is 36.0 Å². The number of amides is 3. The lowest BCUT2D eigenvalue weighted by molar-refractivity contribution is -0.141. The Balaban J connectivity index is 1.53. The van der Waals surface area contributed by atoms with Crippen molar-refractivity contribution in [3.63, 3.8) is 0 Å². The maximum atomic E-state index is 12.9. The summed E-state index contributed by atoms with van der Waals surface area (Å²) in [5, 5.41) is 3.31. The highest BCUT2D eigenvalue weighted by Crippen LogP contribution is 2.24. The second-order valence-corrected chi connectivity index (χ2v) is 7.71. The molecule has 1 unspecified atom stereocenters.